The van der Waals surface area contributed by atoms with Crippen molar-refractivity contribution in [2.45, 2.75) is 19.4 Å². The third kappa shape index (κ3) is 2.00. The predicted octanol–water partition coefficient (Wildman–Crippen LogP) is 2.30. The fourth-order valence-electron chi connectivity index (χ4n) is 2.92. The molecule has 2 heterocycles. The van der Waals surface area contributed by atoms with Crippen LogP contribution in [-0.2, 0) is 6.42 Å². The van der Waals surface area contributed by atoms with E-state index in [1.54, 1.807) is 0 Å². The molecule has 6 nitrogen and oxygen atoms in total. The second-order valence-electron chi connectivity index (χ2n) is 5.50. The van der Waals surface area contributed by atoms with E-state index in [0.717, 1.165) is 39.0 Å². The van der Waals surface area contributed by atoms with Crippen LogP contribution in [0.2, 0.25) is 0 Å². The maximum absolute atomic E-state index is 5.64. The third-order valence-corrected chi connectivity index (χ3v) is 3.98. The van der Waals surface area contributed by atoms with Gasteiger partial charge in [0, 0.05) is 6.04 Å². The van der Waals surface area contributed by atoms with Gasteiger partial charge in [-0.25, -0.2) is 4.98 Å². The molecule has 2 N–H and O–H groups in total. The molecule has 0 aliphatic rings. The van der Waals surface area contributed by atoms with Crippen LogP contribution >= 0.6 is 0 Å². The molecule has 0 radical (unpaired) electrons. The number of nitrogen functional groups attached to an aromatic ring is 1. The molecule has 2 aromatic heterocycles. The van der Waals surface area contributed by atoms with Crippen molar-refractivity contribution in [2.24, 2.45) is 0 Å². The average molecular weight is 292 g/mol. The van der Waals surface area contributed by atoms with Crippen LogP contribution in [0.4, 0.5) is 0 Å². The van der Waals surface area contributed by atoms with E-state index in [-0.39, 0.29) is 6.04 Å². The number of nitrogens with two attached hydrogens (primary N) is 1. The number of aromatic nitrogens is 5. The monoisotopic (exact) mass is 292 g/mol. The molecule has 6 heteroatoms. The van der Waals surface area contributed by atoms with Gasteiger partial charge in [0.1, 0.15) is 11.0 Å². The summed E-state index contributed by atoms with van der Waals surface area (Å²) in [5, 5.41) is 8.43. The predicted molar refractivity (Wildman–Crippen MR) is 85.8 cm³/mol. The molecule has 0 saturated carbocycles. The number of hydrogen-bond acceptors (Lipinski definition) is 4. The summed E-state index contributed by atoms with van der Waals surface area (Å²) in [6, 6.07) is 14.4. The topological polar surface area (TPSA) is 74.6 Å². The molecule has 1 unspecified atom stereocenters. The molecule has 0 fully saturated rings. The summed E-state index contributed by atoms with van der Waals surface area (Å²) in [6.45, 7) is 2.18. The zero-order valence-corrected chi connectivity index (χ0v) is 12.2. The number of benzene rings is 2. The van der Waals surface area contributed by atoms with E-state index in [4.69, 9.17) is 5.84 Å². The number of para-hydroxylation sites is 2. The van der Waals surface area contributed by atoms with Gasteiger partial charge in [-0.05, 0) is 37.1 Å². The first-order chi connectivity index (χ1) is 10.7. The lowest BCUT2D eigenvalue weighted by atomic mass is 10.1. The summed E-state index contributed by atoms with van der Waals surface area (Å²) in [7, 11) is 0. The van der Waals surface area contributed by atoms with E-state index < -0.39 is 0 Å². The minimum absolute atomic E-state index is 0.265. The zero-order valence-electron chi connectivity index (χ0n) is 12.2. The Morgan fingerprint density at radius 2 is 1.86 bits per heavy atom. The summed E-state index contributed by atoms with van der Waals surface area (Å²) in [5.41, 5.74) is 4.98. The lowest BCUT2D eigenvalue weighted by molar-refractivity contribution is 0.560. The fourth-order valence-corrected chi connectivity index (χ4v) is 2.92. The highest BCUT2D eigenvalue weighted by Crippen LogP contribution is 2.23. The number of hydrogen-bond donors (Lipinski definition) is 1. The molecule has 110 valence electrons. The maximum atomic E-state index is 5.64. The Bertz CT molecular complexity index is 952. The maximum Gasteiger partial charge on any atom is 0.118 e. The SMILES string of the molecule is CC(Cc1cccc2nn(N)nc12)n1cnc2ccccc21. The highest BCUT2D eigenvalue weighted by atomic mass is 15.6. The molecule has 22 heavy (non-hydrogen) atoms. The normalized spacial score (nSPS) is 13.0. The number of imidazole rings is 1. The van der Waals surface area contributed by atoms with Gasteiger partial charge in [-0.2, -0.15) is 0 Å². The Morgan fingerprint density at radius 1 is 1.05 bits per heavy atom. The quantitative estimate of drug-likeness (QED) is 0.588. The number of nitrogens with zero attached hydrogens (tertiary/aromatic N) is 5. The Hall–Kier alpha value is -2.89. The molecule has 0 amide bonds. The molecule has 0 aliphatic carbocycles. The van der Waals surface area contributed by atoms with Gasteiger partial charge in [0.2, 0.25) is 0 Å². The number of rotatable bonds is 3. The van der Waals surface area contributed by atoms with Crippen molar-refractivity contribution in [1.29, 1.82) is 0 Å². The first kappa shape index (κ1) is 12.8. The third-order valence-electron chi connectivity index (χ3n) is 3.98. The van der Waals surface area contributed by atoms with Crippen LogP contribution in [0.5, 0.6) is 0 Å². The second kappa shape index (κ2) is 4.84. The van der Waals surface area contributed by atoms with Crippen LogP contribution in [0.3, 0.4) is 0 Å². The van der Waals surface area contributed by atoms with Crippen LogP contribution in [0.1, 0.15) is 18.5 Å². The molecule has 0 bridgehead atoms. The van der Waals surface area contributed by atoms with Gasteiger partial charge in [-0.1, -0.05) is 29.2 Å². The van der Waals surface area contributed by atoms with E-state index in [0.29, 0.717) is 0 Å². The van der Waals surface area contributed by atoms with Gasteiger partial charge in [0.25, 0.3) is 0 Å². The van der Waals surface area contributed by atoms with E-state index in [2.05, 4.69) is 38.8 Å². The summed E-state index contributed by atoms with van der Waals surface area (Å²) in [6.07, 6.45) is 2.74. The largest absolute Gasteiger partial charge is 0.327 e. The molecule has 1 atom stereocenters. The molecule has 4 rings (SSSR count). The van der Waals surface area contributed by atoms with Crippen molar-refractivity contribution in [1.82, 2.24) is 24.7 Å². The van der Waals surface area contributed by atoms with Crippen LogP contribution in [-0.4, -0.2) is 24.7 Å². The first-order valence-corrected chi connectivity index (χ1v) is 7.24. The Labute approximate surface area is 127 Å². The van der Waals surface area contributed by atoms with Crippen molar-refractivity contribution < 1.29 is 0 Å². The standard InChI is InChI=1S/C16H16N6/c1-11(21-10-18-13-6-2-3-8-15(13)21)9-12-5-4-7-14-16(12)20-22(17)19-14/h2-8,10-11H,9,17H2,1H3. The highest BCUT2D eigenvalue weighted by Gasteiger charge is 2.13. The van der Waals surface area contributed by atoms with Gasteiger partial charge < -0.3 is 10.4 Å². The van der Waals surface area contributed by atoms with Gasteiger partial charge in [-0.3, -0.25) is 0 Å². The van der Waals surface area contributed by atoms with Gasteiger partial charge in [-0.15, -0.1) is 10.2 Å². The lowest BCUT2D eigenvalue weighted by Gasteiger charge is -2.14. The van der Waals surface area contributed by atoms with Crippen LogP contribution < -0.4 is 5.84 Å². The lowest BCUT2D eigenvalue weighted by Crippen LogP contribution is -2.11. The molecule has 0 saturated heterocycles. The minimum Gasteiger partial charge on any atom is -0.327 e. The number of fused-ring (bicyclic) bond motifs is 2. The highest BCUT2D eigenvalue weighted by molar-refractivity contribution is 5.78. The Kier molecular flexibility index (Phi) is 2.82. The van der Waals surface area contributed by atoms with Gasteiger partial charge >= 0.3 is 0 Å². The van der Waals surface area contributed by atoms with Gasteiger partial charge in [0.15, 0.2) is 0 Å². The van der Waals surface area contributed by atoms with E-state index >= 15 is 0 Å². The Balaban J connectivity index is 1.73. The molecule has 0 aliphatic heterocycles. The summed E-state index contributed by atoms with van der Waals surface area (Å²) < 4.78 is 2.20. The average Bonchev–Trinajstić information content (AvgIpc) is 3.10. The van der Waals surface area contributed by atoms with Crippen LogP contribution in [0.25, 0.3) is 22.1 Å². The van der Waals surface area contributed by atoms with E-state index in [9.17, 15) is 0 Å². The van der Waals surface area contributed by atoms with Crippen LogP contribution in [0.15, 0.2) is 48.8 Å². The molecule has 2 aromatic carbocycles. The van der Waals surface area contributed by atoms with Gasteiger partial charge in [0.05, 0.1) is 17.4 Å². The van der Waals surface area contributed by atoms with E-state index in [1.807, 2.05) is 36.7 Å². The fraction of sp³-hybridized carbons (Fsp3) is 0.188. The summed E-state index contributed by atoms with van der Waals surface area (Å²) >= 11 is 0. The Morgan fingerprint density at radius 3 is 2.77 bits per heavy atom. The van der Waals surface area contributed by atoms with Crippen molar-refractivity contribution in [2.75, 3.05) is 5.84 Å². The second-order valence-corrected chi connectivity index (χ2v) is 5.50. The van der Waals surface area contributed by atoms with Crippen molar-refractivity contribution in [3.63, 3.8) is 0 Å². The smallest absolute Gasteiger partial charge is 0.118 e. The van der Waals surface area contributed by atoms with Crippen molar-refractivity contribution >= 4 is 22.1 Å². The van der Waals surface area contributed by atoms with E-state index in [1.165, 1.54) is 0 Å². The van der Waals surface area contributed by atoms with Crippen molar-refractivity contribution in [3.05, 3.63) is 54.4 Å². The zero-order chi connectivity index (χ0) is 15.1. The minimum atomic E-state index is 0.265. The molecular formula is C16H16N6. The molecule has 0 spiro atoms. The summed E-state index contributed by atoms with van der Waals surface area (Å²) in [5.74, 6) is 5.64. The van der Waals surface area contributed by atoms with Crippen molar-refractivity contribution in [3.8, 4) is 0 Å². The summed E-state index contributed by atoms with van der Waals surface area (Å²) in [4.78, 5) is 5.59. The molecular weight excluding hydrogens is 276 g/mol. The first-order valence-electron chi connectivity index (χ1n) is 7.24. The molecule has 4 aromatic rings. The van der Waals surface area contributed by atoms with Crippen LogP contribution in [0, 0.1) is 0 Å².